The maximum atomic E-state index is 8.14. The number of aromatic amines is 2. The number of nitrogens with one attached hydrogen (secondary N) is 2. The van der Waals surface area contributed by atoms with Crippen LogP contribution in [0.5, 0.6) is 0 Å². The van der Waals surface area contributed by atoms with Gasteiger partial charge in [0.25, 0.3) is 0 Å². The maximum absolute atomic E-state index is 8.14. The van der Waals surface area contributed by atoms with Gasteiger partial charge >= 0.3 is 0 Å². The SMILES string of the molecule is [2H]c1cc2cc3nc(cc4ccc(cc5nc(cc1[nH]2)C=C5)[nH]4)C=C3.[AlH3]. The number of aromatic nitrogens is 4. The number of fused-ring (bicyclic) bond motifs is 8. The van der Waals surface area contributed by atoms with Gasteiger partial charge in [-0.3, -0.25) is 0 Å². The van der Waals surface area contributed by atoms with Crippen LogP contribution in [0.25, 0.3) is 46.4 Å². The molecule has 5 heteroatoms. The van der Waals surface area contributed by atoms with E-state index in [1.807, 2.05) is 60.7 Å². The molecule has 0 fully saturated rings. The first-order chi connectivity index (χ1) is 12.2. The summed E-state index contributed by atoms with van der Waals surface area (Å²) in [5, 5.41) is 0. The van der Waals surface area contributed by atoms with E-state index in [0.29, 0.717) is 6.04 Å². The summed E-state index contributed by atoms with van der Waals surface area (Å²) >= 11 is 0. The second kappa shape index (κ2) is 6.21. The van der Waals surface area contributed by atoms with Crippen molar-refractivity contribution < 1.29 is 1.37 Å². The van der Waals surface area contributed by atoms with Crippen molar-refractivity contribution in [2.45, 2.75) is 0 Å². The van der Waals surface area contributed by atoms with E-state index >= 15 is 0 Å². The molecule has 3 aromatic rings. The Morgan fingerprint density at radius 2 is 1.00 bits per heavy atom. The average molecular weight is 341 g/mol. The zero-order chi connectivity index (χ0) is 16.8. The zero-order valence-corrected chi connectivity index (χ0v) is 12.7. The van der Waals surface area contributed by atoms with Crippen molar-refractivity contribution in [3.63, 3.8) is 0 Å². The number of hydrogen-bond acceptors (Lipinski definition) is 2. The molecule has 0 aliphatic carbocycles. The van der Waals surface area contributed by atoms with Crippen LogP contribution in [0.2, 0.25) is 0 Å². The van der Waals surface area contributed by atoms with Gasteiger partial charge in [0.05, 0.1) is 24.1 Å². The Hall–Kier alpha value is -2.87. The van der Waals surface area contributed by atoms with E-state index in [9.17, 15) is 0 Å². The molecule has 0 radical (unpaired) electrons. The predicted molar refractivity (Wildman–Crippen MR) is 109 cm³/mol. The molecule has 25 heavy (non-hydrogen) atoms. The van der Waals surface area contributed by atoms with Crippen LogP contribution in [0.3, 0.4) is 0 Å². The third kappa shape index (κ3) is 3.20. The van der Waals surface area contributed by atoms with E-state index in [0.717, 1.165) is 44.8 Å². The molecule has 2 N–H and O–H groups in total. The minimum absolute atomic E-state index is 0. The summed E-state index contributed by atoms with van der Waals surface area (Å²) in [6.07, 6.45) is 7.88. The van der Waals surface area contributed by atoms with Crippen molar-refractivity contribution in [3.8, 4) is 0 Å². The number of rotatable bonds is 0. The van der Waals surface area contributed by atoms with E-state index in [-0.39, 0.29) is 17.4 Å². The first-order valence-corrected chi connectivity index (χ1v) is 7.76. The van der Waals surface area contributed by atoms with Crippen LogP contribution in [0.15, 0.2) is 48.5 Å². The van der Waals surface area contributed by atoms with Gasteiger partial charge in [-0.2, -0.15) is 0 Å². The monoisotopic (exact) mass is 341 g/mol. The maximum Gasteiger partial charge on any atom is 0.187 e. The van der Waals surface area contributed by atoms with E-state index in [1.165, 1.54) is 0 Å². The molecule has 0 saturated heterocycles. The van der Waals surface area contributed by atoms with Gasteiger partial charge in [-0.05, 0) is 72.8 Å². The third-order valence-electron chi connectivity index (χ3n) is 3.96. The summed E-state index contributed by atoms with van der Waals surface area (Å²) < 4.78 is 8.14. The van der Waals surface area contributed by atoms with E-state index in [1.54, 1.807) is 6.07 Å². The summed E-state index contributed by atoms with van der Waals surface area (Å²) in [6.45, 7) is 0. The van der Waals surface area contributed by atoms with Crippen LogP contribution in [-0.2, 0) is 0 Å². The fourth-order valence-electron chi connectivity index (χ4n) is 2.87. The average Bonchev–Trinajstić information content (AvgIpc) is 3.33. The number of hydrogen-bond donors (Lipinski definition) is 2. The summed E-state index contributed by atoms with van der Waals surface area (Å²) in [5.41, 5.74) is 7.04. The normalized spacial score (nSPS) is 12.7. The summed E-state index contributed by atoms with van der Waals surface area (Å²) in [4.78, 5) is 15.8. The Kier molecular flexibility index (Phi) is 3.60. The fraction of sp³-hybridized carbons (Fsp3) is 0. The molecule has 0 saturated carbocycles. The quantitative estimate of drug-likeness (QED) is 0.424. The van der Waals surface area contributed by atoms with Crippen molar-refractivity contribution in [2.24, 2.45) is 0 Å². The van der Waals surface area contributed by atoms with Gasteiger partial charge in [0, 0.05) is 22.1 Å². The van der Waals surface area contributed by atoms with Gasteiger partial charge in [-0.15, -0.1) is 0 Å². The van der Waals surface area contributed by atoms with Crippen LogP contribution in [0.1, 0.15) is 24.1 Å². The molecule has 4 nitrogen and oxygen atoms in total. The van der Waals surface area contributed by atoms with Crippen molar-refractivity contribution in [3.05, 3.63) is 71.3 Å². The lowest BCUT2D eigenvalue weighted by Crippen LogP contribution is -1.75. The first kappa shape index (κ1) is 14.5. The van der Waals surface area contributed by atoms with E-state index < -0.39 is 0 Å². The summed E-state index contributed by atoms with van der Waals surface area (Å²) in [5.74, 6) is 0. The Labute approximate surface area is 156 Å². The highest BCUT2D eigenvalue weighted by Crippen LogP contribution is 2.16. The van der Waals surface area contributed by atoms with Crippen molar-refractivity contribution in [1.29, 1.82) is 0 Å². The molecule has 2 aliphatic rings. The second-order valence-electron chi connectivity index (χ2n) is 5.82. The Morgan fingerprint density at radius 1 is 0.600 bits per heavy atom. The van der Waals surface area contributed by atoms with E-state index in [2.05, 4.69) is 19.9 Å². The molecule has 0 atom stereocenters. The fourth-order valence-corrected chi connectivity index (χ4v) is 2.87. The van der Waals surface area contributed by atoms with Crippen molar-refractivity contribution in [1.82, 2.24) is 19.9 Å². The standard InChI is InChI=1S/C20H14N4.Al.3H/c1-2-14-10-16-5-6-18(23-16)12-20-8-7-19(24-20)11-17-4-3-15(22-17)9-13(1)21-14;;;;/h1-12,21,24H;;;;/i1D;;;;. The van der Waals surface area contributed by atoms with Crippen LogP contribution < -0.4 is 0 Å². The summed E-state index contributed by atoms with van der Waals surface area (Å²) in [6, 6.07) is 14.1. The molecule has 3 aromatic heterocycles. The zero-order valence-electron chi connectivity index (χ0n) is 13.7. The van der Waals surface area contributed by atoms with Gasteiger partial charge in [-0.25, -0.2) is 9.97 Å². The van der Waals surface area contributed by atoms with Crippen LogP contribution in [-0.4, -0.2) is 37.3 Å². The molecule has 8 bridgehead atoms. The first-order valence-electron chi connectivity index (χ1n) is 8.26. The molecule has 2 aliphatic heterocycles. The molecule has 5 heterocycles. The van der Waals surface area contributed by atoms with Crippen LogP contribution in [0.4, 0.5) is 0 Å². The Morgan fingerprint density at radius 3 is 1.52 bits per heavy atom. The molecule has 0 unspecified atom stereocenters. The van der Waals surface area contributed by atoms with Gasteiger partial charge in [0.2, 0.25) is 0 Å². The van der Waals surface area contributed by atoms with Gasteiger partial charge < -0.3 is 9.97 Å². The Balaban J connectivity index is 0.00000168. The molecule has 0 aromatic carbocycles. The van der Waals surface area contributed by atoms with Crippen molar-refractivity contribution in [2.75, 3.05) is 0 Å². The highest BCUT2D eigenvalue weighted by atomic mass is 27.0. The molecular weight excluding hydrogens is 323 g/mol. The topological polar surface area (TPSA) is 57.4 Å². The highest BCUT2D eigenvalue weighted by Gasteiger charge is 2.00. The van der Waals surface area contributed by atoms with Crippen molar-refractivity contribution >= 4 is 63.7 Å². The van der Waals surface area contributed by atoms with Gasteiger partial charge in [0.1, 0.15) is 0 Å². The highest BCUT2D eigenvalue weighted by molar-refractivity contribution is 5.77. The lowest BCUT2D eigenvalue weighted by molar-refractivity contribution is 1.31. The minimum atomic E-state index is 0. The Bertz CT molecular complexity index is 1220. The smallest absolute Gasteiger partial charge is 0.187 e. The molecular formula is C20H17AlN4. The summed E-state index contributed by atoms with van der Waals surface area (Å²) in [7, 11) is 0. The largest absolute Gasteiger partial charge is 0.355 e. The van der Waals surface area contributed by atoms with Gasteiger partial charge in [-0.1, -0.05) is 0 Å². The van der Waals surface area contributed by atoms with Crippen LogP contribution in [0, 0.1) is 0 Å². The second-order valence-corrected chi connectivity index (χ2v) is 5.82. The van der Waals surface area contributed by atoms with Gasteiger partial charge in [0.15, 0.2) is 17.4 Å². The third-order valence-corrected chi connectivity index (χ3v) is 3.96. The minimum Gasteiger partial charge on any atom is -0.355 e. The molecule has 0 amide bonds. The lowest BCUT2D eigenvalue weighted by Gasteiger charge is -1.85. The van der Waals surface area contributed by atoms with Crippen LogP contribution >= 0.6 is 0 Å². The lowest BCUT2D eigenvalue weighted by atomic mass is 10.3. The predicted octanol–water partition coefficient (Wildman–Crippen LogP) is 3.47. The molecule has 5 rings (SSSR count). The number of H-pyrrole nitrogens is 2. The number of nitrogens with zero attached hydrogens (tertiary/aromatic N) is 2. The molecule has 0 spiro atoms. The molecule has 120 valence electrons. The van der Waals surface area contributed by atoms with E-state index in [4.69, 9.17) is 1.37 Å².